The van der Waals surface area contributed by atoms with Crippen LogP contribution in [0.5, 0.6) is 0 Å². The maximum atomic E-state index is 11.9. The van der Waals surface area contributed by atoms with Gasteiger partial charge >= 0.3 is 5.97 Å². The lowest BCUT2D eigenvalue weighted by Crippen LogP contribution is -2.63. The van der Waals surface area contributed by atoms with Gasteiger partial charge in [-0.1, -0.05) is 103 Å². The van der Waals surface area contributed by atoms with Crippen LogP contribution in [-0.2, 0) is 67.2 Å². The van der Waals surface area contributed by atoms with E-state index < -0.39 is 55.0 Å². The normalized spacial score (nSPS) is 26.3. The standard InChI is InChI=1S/C40H48O10/c1-4-21-43-37-35(28-45-29(3)41)49-40(39(38(37)44-22-5-2)48-25-32-19-13-8-14-20-32)50-36-33(26-42-23-30-15-9-6-10-16-30)47-27-34(36)46-24-31-17-11-7-12-18-31/h4-20,33-40H,1-2,21-28H2,3H3/t33-,34+,35-,36-,37-,38+,39-,40?/m1/s1. The molecule has 50 heavy (non-hydrogen) atoms. The van der Waals surface area contributed by atoms with Crippen LogP contribution in [-0.4, -0.2) is 88.0 Å². The van der Waals surface area contributed by atoms with Crippen LogP contribution in [0.1, 0.15) is 23.6 Å². The number of ether oxygens (including phenoxy) is 9. The van der Waals surface area contributed by atoms with Crippen LogP contribution < -0.4 is 0 Å². The molecule has 0 amide bonds. The molecule has 0 aromatic heterocycles. The molecule has 0 saturated carbocycles. The van der Waals surface area contributed by atoms with Crippen molar-refractivity contribution in [3.63, 3.8) is 0 Å². The summed E-state index contributed by atoms with van der Waals surface area (Å²) in [6.07, 6.45) is -2.16. The summed E-state index contributed by atoms with van der Waals surface area (Å²) in [7, 11) is 0. The van der Waals surface area contributed by atoms with Gasteiger partial charge in [-0.2, -0.15) is 0 Å². The molecule has 268 valence electrons. The predicted octanol–water partition coefficient (Wildman–Crippen LogP) is 5.59. The highest BCUT2D eigenvalue weighted by atomic mass is 16.7. The molecule has 0 bridgehead atoms. The molecular weight excluding hydrogens is 640 g/mol. The van der Waals surface area contributed by atoms with E-state index in [1.165, 1.54) is 6.92 Å². The Hall–Kier alpha value is -3.71. The van der Waals surface area contributed by atoms with Crippen LogP contribution >= 0.6 is 0 Å². The van der Waals surface area contributed by atoms with E-state index in [1.54, 1.807) is 12.2 Å². The molecule has 5 rings (SSSR count). The molecule has 2 saturated heterocycles. The highest BCUT2D eigenvalue weighted by Gasteiger charge is 2.52. The second-order valence-corrected chi connectivity index (χ2v) is 12.1. The lowest BCUT2D eigenvalue weighted by Gasteiger charge is -2.46. The summed E-state index contributed by atoms with van der Waals surface area (Å²) in [5, 5.41) is 0. The minimum Gasteiger partial charge on any atom is -0.463 e. The zero-order valence-electron chi connectivity index (χ0n) is 28.6. The monoisotopic (exact) mass is 688 g/mol. The summed E-state index contributed by atoms with van der Waals surface area (Å²) in [6, 6.07) is 29.7. The molecule has 10 nitrogen and oxygen atoms in total. The van der Waals surface area contributed by atoms with E-state index in [-0.39, 0.29) is 39.6 Å². The number of hydrogen-bond acceptors (Lipinski definition) is 10. The van der Waals surface area contributed by atoms with Crippen molar-refractivity contribution < 1.29 is 47.4 Å². The molecule has 3 aromatic rings. The Bertz CT molecular complexity index is 1420. The number of carbonyl (C=O) groups excluding carboxylic acids is 1. The molecule has 0 aliphatic carbocycles. The van der Waals surface area contributed by atoms with E-state index in [1.807, 2.05) is 91.0 Å². The number of rotatable bonds is 20. The summed E-state index contributed by atoms with van der Waals surface area (Å²) < 4.78 is 56.9. The fraction of sp³-hybridized carbons (Fsp3) is 0.425. The van der Waals surface area contributed by atoms with Gasteiger partial charge in [-0.15, -0.1) is 13.2 Å². The van der Waals surface area contributed by atoms with Gasteiger partial charge in [0.15, 0.2) is 6.29 Å². The van der Waals surface area contributed by atoms with Gasteiger partial charge in [0.2, 0.25) is 0 Å². The van der Waals surface area contributed by atoms with Gasteiger partial charge in [-0.25, -0.2) is 0 Å². The average Bonchev–Trinajstić information content (AvgIpc) is 3.52. The largest absolute Gasteiger partial charge is 0.463 e. The van der Waals surface area contributed by atoms with Crippen molar-refractivity contribution in [1.82, 2.24) is 0 Å². The molecule has 3 aromatic carbocycles. The molecule has 2 heterocycles. The second-order valence-electron chi connectivity index (χ2n) is 12.1. The van der Waals surface area contributed by atoms with Crippen LogP contribution in [0, 0.1) is 0 Å². The maximum Gasteiger partial charge on any atom is 0.302 e. The average molecular weight is 689 g/mol. The quantitative estimate of drug-likeness (QED) is 0.110. The minimum absolute atomic E-state index is 0.0882. The Kier molecular flexibility index (Phi) is 15.2. The Balaban J connectivity index is 1.42. The summed E-state index contributed by atoms with van der Waals surface area (Å²) in [5.74, 6) is -0.450. The van der Waals surface area contributed by atoms with Crippen molar-refractivity contribution in [1.29, 1.82) is 0 Å². The first-order chi connectivity index (χ1) is 24.6. The number of esters is 1. The van der Waals surface area contributed by atoms with Crippen LogP contribution in [0.2, 0.25) is 0 Å². The van der Waals surface area contributed by atoms with Gasteiger partial charge in [0, 0.05) is 6.92 Å². The van der Waals surface area contributed by atoms with Crippen molar-refractivity contribution in [2.75, 3.05) is 33.0 Å². The van der Waals surface area contributed by atoms with Crippen molar-refractivity contribution in [3.05, 3.63) is 133 Å². The third-order valence-corrected chi connectivity index (χ3v) is 8.34. The summed E-state index contributed by atoms with van der Waals surface area (Å²) in [6.45, 7) is 10.9. The Morgan fingerprint density at radius 3 is 1.82 bits per heavy atom. The third kappa shape index (κ3) is 11.1. The smallest absolute Gasteiger partial charge is 0.302 e. The molecule has 2 aliphatic rings. The highest BCUT2D eigenvalue weighted by molar-refractivity contribution is 5.65. The SMILES string of the molecule is C=CCO[C@H]1[C@H](OCC=C)[C@@H](OCc2ccccc2)C(O[C@H]2[C@@H](OCc3ccccc3)CO[C@@H]2COCc2ccccc2)O[C@@H]1COC(C)=O. The first kappa shape index (κ1) is 37.5. The number of benzene rings is 3. The topological polar surface area (TPSA) is 100 Å². The van der Waals surface area contributed by atoms with E-state index in [0.717, 1.165) is 16.7 Å². The van der Waals surface area contributed by atoms with Gasteiger partial charge < -0.3 is 42.6 Å². The van der Waals surface area contributed by atoms with Crippen LogP contribution in [0.4, 0.5) is 0 Å². The van der Waals surface area contributed by atoms with Gasteiger partial charge in [0.05, 0.1) is 46.2 Å². The van der Waals surface area contributed by atoms with Crippen LogP contribution in [0.3, 0.4) is 0 Å². The lowest BCUT2D eigenvalue weighted by molar-refractivity contribution is -0.337. The van der Waals surface area contributed by atoms with E-state index in [9.17, 15) is 4.79 Å². The van der Waals surface area contributed by atoms with Crippen molar-refractivity contribution in [3.8, 4) is 0 Å². The molecule has 0 N–H and O–H groups in total. The molecule has 2 aliphatic heterocycles. The third-order valence-electron chi connectivity index (χ3n) is 8.34. The van der Waals surface area contributed by atoms with Crippen molar-refractivity contribution in [2.24, 2.45) is 0 Å². The second kappa shape index (κ2) is 20.2. The Morgan fingerprint density at radius 1 is 0.680 bits per heavy atom. The fourth-order valence-corrected chi connectivity index (χ4v) is 5.92. The zero-order valence-corrected chi connectivity index (χ0v) is 28.6. The van der Waals surface area contributed by atoms with Gasteiger partial charge in [0.1, 0.15) is 49.3 Å². The molecule has 8 atom stereocenters. The predicted molar refractivity (Wildman–Crippen MR) is 186 cm³/mol. The highest BCUT2D eigenvalue weighted by Crippen LogP contribution is 2.33. The summed E-state index contributed by atoms with van der Waals surface area (Å²) in [5.41, 5.74) is 3.03. The number of hydrogen-bond donors (Lipinski definition) is 0. The molecule has 0 spiro atoms. The minimum atomic E-state index is -0.996. The Labute approximate surface area is 294 Å². The van der Waals surface area contributed by atoms with E-state index in [2.05, 4.69) is 13.2 Å². The summed E-state index contributed by atoms with van der Waals surface area (Å²) in [4.78, 5) is 11.9. The van der Waals surface area contributed by atoms with Gasteiger partial charge in [-0.3, -0.25) is 4.79 Å². The molecule has 10 heteroatoms. The zero-order chi connectivity index (χ0) is 35.0. The first-order valence-corrected chi connectivity index (χ1v) is 17.0. The number of carbonyl (C=O) groups is 1. The lowest BCUT2D eigenvalue weighted by atomic mass is 9.97. The maximum absolute atomic E-state index is 11.9. The van der Waals surface area contributed by atoms with Crippen molar-refractivity contribution >= 4 is 5.97 Å². The van der Waals surface area contributed by atoms with Crippen LogP contribution in [0.25, 0.3) is 0 Å². The van der Waals surface area contributed by atoms with Crippen LogP contribution in [0.15, 0.2) is 116 Å². The molecule has 2 fully saturated rings. The molecule has 1 unspecified atom stereocenters. The first-order valence-electron chi connectivity index (χ1n) is 17.0. The van der Waals surface area contributed by atoms with E-state index in [4.69, 9.17) is 42.6 Å². The van der Waals surface area contributed by atoms with E-state index in [0.29, 0.717) is 13.2 Å². The van der Waals surface area contributed by atoms with Gasteiger partial charge in [0.25, 0.3) is 0 Å². The molecular formula is C40H48O10. The fourth-order valence-electron chi connectivity index (χ4n) is 5.92. The van der Waals surface area contributed by atoms with E-state index >= 15 is 0 Å². The van der Waals surface area contributed by atoms with Crippen molar-refractivity contribution in [2.45, 2.75) is 75.8 Å². The Morgan fingerprint density at radius 2 is 1.24 bits per heavy atom. The molecule has 0 radical (unpaired) electrons. The summed E-state index contributed by atoms with van der Waals surface area (Å²) >= 11 is 0. The van der Waals surface area contributed by atoms with Gasteiger partial charge in [-0.05, 0) is 16.7 Å².